The Balaban J connectivity index is 2.05. The smallest absolute Gasteiger partial charge is 0.408 e. The molecule has 1 heterocycles. The molecule has 0 radical (unpaired) electrons. The number of ether oxygens (including phenoxy) is 2. The summed E-state index contributed by atoms with van der Waals surface area (Å²) in [5, 5.41) is 17.6. The number of amides is 1. The summed E-state index contributed by atoms with van der Waals surface area (Å²) >= 11 is 0. The van der Waals surface area contributed by atoms with Crippen molar-refractivity contribution in [3.8, 4) is 5.75 Å². The van der Waals surface area contributed by atoms with E-state index in [1.54, 1.807) is 47.6 Å². The van der Waals surface area contributed by atoms with Gasteiger partial charge in [-0.1, -0.05) is 11.2 Å². The molecule has 0 spiro atoms. The van der Waals surface area contributed by atoms with E-state index in [-0.39, 0.29) is 24.0 Å². The highest BCUT2D eigenvalue weighted by Gasteiger charge is 2.31. The van der Waals surface area contributed by atoms with Crippen molar-refractivity contribution in [2.24, 2.45) is 0 Å². The van der Waals surface area contributed by atoms with E-state index in [4.69, 9.17) is 14.0 Å². The maximum Gasteiger partial charge on any atom is 0.408 e. The van der Waals surface area contributed by atoms with Crippen molar-refractivity contribution in [1.29, 1.82) is 0 Å². The monoisotopic (exact) mass is 392 g/mol. The van der Waals surface area contributed by atoms with Crippen LogP contribution in [0, 0.1) is 17.0 Å². The summed E-state index contributed by atoms with van der Waals surface area (Å²) in [6.07, 6.45) is -0.604. The third-order valence-corrected chi connectivity index (χ3v) is 3.64. The van der Waals surface area contributed by atoms with Gasteiger partial charge in [0.25, 0.3) is 11.6 Å². The van der Waals surface area contributed by atoms with Crippen LogP contribution in [0.1, 0.15) is 51.9 Å². The third kappa shape index (κ3) is 5.41. The molecule has 0 aliphatic heterocycles. The van der Waals surface area contributed by atoms with Gasteiger partial charge in [0.15, 0.2) is 12.4 Å². The molecule has 28 heavy (non-hydrogen) atoms. The second-order valence-electron chi connectivity index (χ2n) is 7.71. The molecular weight excluding hydrogens is 368 g/mol. The molecular formula is C18H24N4O6. The molecule has 10 nitrogen and oxygen atoms in total. The molecule has 0 unspecified atom stereocenters. The van der Waals surface area contributed by atoms with E-state index >= 15 is 0 Å². The molecule has 0 fully saturated rings. The SMILES string of the molecule is Cc1c(OCc2nc(C(C)(C)NC(=O)OC(C)(C)C)no2)cccc1[N+](=O)[O-]. The van der Waals surface area contributed by atoms with Gasteiger partial charge in [-0.2, -0.15) is 4.98 Å². The Labute approximate surface area is 162 Å². The molecule has 1 aromatic carbocycles. The highest BCUT2D eigenvalue weighted by Crippen LogP contribution is 2.27. The number of alkyl carbamates (subject to hydrolysis) is 1. The Hall–Kier alpha value is -3.17. The van der Waals surface area contributed by atoms with E-state index in [0.717, 1.165) is 0 Å². The molecule has 10 heteroatoms. The summed E-state index contributed by atoms with van der Waals surface area (Å²) in [7, 11) is 0. The second-order valence-corrected chi connectivity index (χ2v) is 7.71. The molecule has 1 aromatic heterocycles. The number of benzene rings is 1. The molecule has 1 N–H and O–H groups in total. The zero-order valence-corrected chi connectivity index (χ0v) is 16.7. The maximum absolute atomic E-state index is 12.0. The van der Waals surface area contributed by atoms with E-state index in [1.807, 2.05) is 0 Å². The molecule has 0 aliphatic carbocycles. The van der Waals surface area contributed by atoms with Crippen LogP contribution in [-0.2, 0) is 16.9 Å². The predicted molar refractivity (Wildman–Crippen MR) is 98.9 cm³/mol. The highest BCUT2D eigenvalue weighted by molar-refractivity contribution is 5.68. The zero-order chi connectivity index (χ0) is 21.1. The molecule has 152 valence electrons. The van der Waals surface area contributed by atoms with Gasteiger partial charge in [0.2, 0.25) is 0 Å². The van der Waals surface area contributed by atoms with Crippen molar-refractivity contribution in [2.45, 2.75) is 59.3 Å². The van der Waals surface area contributed by atoms with Crippen molar-refractivity contribution in [3.05, 3.63) is 45.6 Å². The first-order valence-corrected chi connectivity index (χ1v) is 8.60. The number of carbonyl (C=O) groups is 1. The molecule has 0 saturated heterocycles. The predicted octanol–water partition coefficient (Wildman–Crippen LogP) is 3.63. The molecule has 0 saturated carbocycles. The van der Waals surface area contributed by atoms with Crippen LogP contribution in [0.2, 0.25) is 0 Å². The summed E-state index contributed by atoms with van der Waals surface area (Å²) in [6, 6.07) is 4.55. The number of nitrogens with one attached hydrogen (secondary N) is 1. The average Bonchev–Trinajstić information content (AvgIpc) is 3.01. The molecule has 0 bridgehead atoms. The van der Waals surface area contributed by atoms with Crippen LogP contribution in [0.5, 0.6) is 5.75 Å². The summed E-state index contributed by atoms with van der Waals surface area (Å²) < 4.78 is 16.0. The van der Waals surface area contributed by atoms with Crippen molar-refractivity contribution in [1.82, 2.24) is 15.5 Å². The first kappa shape index (κ1) is 21.1. The minimum Gasteiger partial charge on any atom is -0.483 e. The van der Waals surface area contributed by atoms with Crippen LogP contribution >= 0.6 is 0 Å². The summed E-state index contributed by atoms with van der Waals surface area (Å²) in [5.74, 6) is 0.757. The van der Waals surface area contributed by atoms with Crippen molar-refractivity contribution < 1.29 is 23.7 Å². The van der Waals surface area contributed by atoms with Crippen LogP contribution in [0.25, 0.3) is 0 Å². The van der Waals surface area contributed by atoms with Gasteiger partial charge in [0, 0.05) is 6.07 Å². The Morgan fingerprint density at radius 3 is 2.57 bits per heavy atom. The standard InChI is InChI=1S/C18H24N4O6/c1-11-12(22(24)25)8-7-9-13(11)26-10-14-19-15(21-28-14)18(5,6)20-16(23)27-17(2,3)4/h7-9H,10H2,1-6H3,(H,20,23). The van der Waals surface area contributed by atoms with Crippen LogP contribution in [0.4, 0.5) is 10.5 Å². The lowest BCUT2D eigenvalue weighted by Gasteiger charge is -2.26. The quantitative estimate of drug-likeness (QED) is 0.583. The average molecular weight is 392 g/mol. The normalized spacial score (nSPS) is 11.8. The van der Waals surface area contributed by atoms with Gasteiger partial charge in [-0.25, -0.2) is 4.79 Å². The van der Waals surface area contributed by atoms with Gasteiger partial charge in [-0.05, 0) is 47.6 Å². The Kier molecular flexibility index (Phi) is 5.91. The molecule has 0 atom stereocenters. The van der Waals surface area contributed by atoms with Crippen LogP contribution in [-0.4, -0.2) is 26.8 Å². The summed E-state index contributed by atoms with van der Waals surface area (Å²) in [6.45, 7) is 10.2. The lowest BCUT2D eigenvalue weighted by Crippen LogP contribution is -2.44. The van der Waals surface area contributed by atoms with Crippen LogP contribution in [0.3, 0.4) is 0 Å². The maximum atomic E-state index is 12.0. The minimum absolute atomic E-state index is 0.0357. The van der Waals surface area contributed by atoms with Crippen molar-refractivity contribution >= 4 is 11.8 Å². The number of aromatic nitrogens is 2. The summed E-state index contributed by atoms with van der Waals surface area (Å²) in [4.78, 5) is 26.7. The van der Waals surface area contributed by atoms with Gasteiger partial charge in [0.05, 0.1) is 10.5 Å². The van der Waals surface area contributed by atoms with Crippen molar-refractivity contribution in [3.63, 3.8) is 0 Å². The Morgan fingerprint density at radius 2 is 1.96 bits per heavy atom. The van der Waals surface area contributed by atoms with Crippen molar-refractivity contribution in [2.75, 3.05) is 0 Å². The lowest BCUT2D eigenvalue weighted by atomic mass is 10.1. The third-order valence-electron chi connectivity index (χ3n) is 3.64. The first-order chi connectivity index (χ1) is 12.9. The van der Waals surface area contributed by atoms with Gasteiger partial charge < -0.3 is 19.3 Å². The van der Waals surface area contributed by atoms with E-state index in [9.17, 15) is 14.9 Å². The number of hydrogen-bond donors (Lipinski definition) is 1. The fourth-order valence-electron chi connectivity index (χ4n) is 2.28. The first-order valence-electron chi connectivity index (χ1n) is 8.60. The Bertz CT molecular complexity index is 869. The van der Waals surface area contributed by atoms with E-state index in [2.05, 4.69) is 15.5 Å². The molecule has 0 aliphatic rings. The number of rotatable bonds is 6. The number of carbonyl (C=O) groups excluding carboxylic acids is 1. The number of nitro groups is 1. The van der Waals surface area contributed by atoms with Gasteiger partial charge in [-0.15, -0.1) is 0 Å². The zero-order valence-electron chi connectivity index (χ0n) is 16.7. The molecule has 1 amide bonds. The summed E-state index contributed by atoms with van der Waals surface area (Å²) in [5.41, 5.74) is -1.21. The largest absolute Gasteiger partial charge is 0.483 e. The highest BCUT2D eigenvalue weighted by atomic mass is 16.6. The van der Waals surface area contributed by atoms with Gasteiger partial charge in [-0.3, -0.25) is 10.1 Å². The topological polar surface area (TPSA) is 130 Å². The van der Waals surface area contributed by atoms with E-state index in [1.165, 1.54) is 12.1 Å². The number of nitrogens with zero attached hydrogens (tertiary/aromatic N) is 3. The van der Waals surface area contributed by atoms with E-state index in [0.29, 0.717) is 11.3 Å². The van der Waals surface area contributed by atoms with Crippen LogP contribution in [0.15, 0.2) is 22.7 Å². The molecule has 2 aromatic rings. The van der Waals surface area contributed by atoms with Gasteiger partial charge >= 0.3 is 6.09 Å². The molecule has 2 rings (SSSR count). The lowest BCUT2D eigenvalue weighted by molar-refractivity contribution is -0.385. The fraction of sp³-hybridized carbons (Fsp3) is 0.500. The number of hydrogen-bond acceptors (Lipinski definition) is 8. The minimum atomic E-state index is -0.939. The van der Waals surface area contributed by atoms with E-state index < -0.39 is 22.2 Å². The fourth-order valence-corrected chi connectivity index (χ4v) is 2.28. The Morgan fingerprint density at radius 1 is 1.29 bits per heavy atom. The van der Waals surface area contributed by atoms with Gasteiger partial charge in [0.1, 0.15) is 16.9 Å². The number of nitro benzene ring substituents is 1. The second kappa shape index (κ2) is 7.83. The van der Waals surface area contributed by atoms with Crippen LogP contribution < -0.4 is 10.1 Å².